The van der Waals surface area contributed by atoms with Crippen molar-refractivity contribution in [2.75, 3.05) is 20.8 Å². The third-order valence-electron chi connectivity index (χ3n) is 6.34. The van der Waals surface area contributed by atoms with Crippen molar-refractivity contribution in [3.63, 3.8) is 0 Å². The second-order valence-corrected chi connectivity index (χ2v) is 8.51. The summed E-state index contributed by atoms with van der Waals surface area (Å²) in [7, 11) is 3.23. The molecule has 0 unspecified atom stereocenters. The lowest BCUT2D eigenvalue weighted by molar-refractivity contribution is -0.141. The number of benzene rings is 3. The van der Waals surface area contributed by atoms with Gasteiger partial charge >= 0.3 is 5.97 Å². The van der Waals surface area contributed by atoms with Crippen LogP contribution in [0.25, 0.3) is 0 Å². The number of aliphatic hydroxyl groups is 1. The fourth-order valence-corrected chi connectivity index (χ4v) is 4.57. The third-order valence-corrected chi connectivity index (χ3v) is 6.34. The molecule has 1 heterocycles. The van der Waals surface area contributed by atoms with Gasteiger partial charge in [-0.2, -0.15) is 0 Å². The van der Waals surface area contributed by atoms with Gasteiger partial charge in [0.1, 0.15) is 23.2 Å². The van der Waals surface area contributed by atoms with E-state index >= 15 is 0 Å². The Morgan fingerprint density at radius 2 is 1.40 bits per heavy atom. The zero-order valence-electron chi connectivity index (χ0n) is 19.8. The van der Waals surface area contributed by atoms with Crippen LogP contribution in [0.4, 0.5) is 0 Å². The highest BCUT2D eigenvalue weighted by Crippen LogP contribution is 2.42. The van der Waals surface area contributed by atoms with Crippen LogP contribution in [-0.4, -0.2) is 55.3 Å². The number of rotatable bonds is 10. The van der Waals surface area contributed by atoms with Crippen molar-refractivity contribution in [3.8, 4) is 11.5 Å². The number of hydrogen-bond acceptors (Lipinski definition) is 6. The Morgan fingerprint density at radius 1 is 0.886 bits per heavy atom. The summed E-state index contributed by atoms with van der Waals surface area (Å²) in [6.45, 7) is 0.0598. The van der Waals surface area contributed by atoms with Gasteiger partial charge in [0.2, 0.25) is 0 Å². The van der Waals surface area contributed by atoms with E-state index in [1.807, 2.05) is 78.9 Å². The first kappa shape index (κ1) is 24.7. The molecule has 0 saturated carbocycles. The Balaban J connectivity index is 1.77. The first-order valence-corrected chi connectivity index (χ1v) is 11.5. The lowest BCUT2D eigenvalue weighted by atomic mass is 9.80. The van der Waals surface area contributed by atoms with Crippen LogP contribution in [-0.2, 0) is 19.9 Å². The van der Waals surface area contributed by atoms with Crippen LogP contribution in [0.5, 0.6) is 11.5 Å². The maximum atomic E-state index is 11.1. The molecule has 7 heteroatoms. The number of carbonyl (C=O) groups is 1. The summed E-state index contributed by atoms with van der Waals surface area (Å²) < 4.78 is 23.3. The van der Waals surface area contributed by atoms with Gasteiger partial charge in [-0.05, 0) is 41.0 Å². The van der Waals surface area contributed by atoms with Crippen molar-refractivity contribution in [2.45, 2.75) is 36.8 Å². The van der Waals surface area contributed by atoms with Crippen LogP contribution in [0, 0.1) is 0 Å². The van der Waals surface area contributed by atoms with Gasteiger partial charge in [-0.25, -0.2) is 0 Å². The molecule has 2 N–H and O–H groups in total. The van der Waals surface area contributed by atoms with Crippen molar-refractivity contribution >= 4 is 5.97 Å². The van der Waals surface area contributed by atoms with Crippen LogP contribution in [0.15, 0.2) is 78.9 Å². The molecule has 3 aromatic carbocycles. The Bertz CT molecular complexity index is 1050. The second-order valence-electron chi connectivity index (χ2n) is 8.51. The zero-order chi connectivity index (χ0) is 24.8. The van der Waals surface area contributed by atoms with Gasteiger partial charge in [0, 0.05) is 6.42 Å². The molecule has 7 nitrogen and oxygen atoms in total. The number of aliphatic hydroxyl groups excluding tert-OH is 1. The molecule has 3 atom stereocenters. The zero-order valence-corrected chi connectivity index (χ0v) is 19.8. The number of hydrogen-bond donors (Lipinski definition) is 2. The molecule has 0 aliphatic carbocycles. The van der Waals surface area contributed by atoms with Crippen molar-refractivity contribution in [1.82, 2.24) is 0 Å². The van der Waals surface area contributed by atoms with E-state index < -0.39 is 29.9 Å². The van der Waals surface area contributed by atoms with Crippen LogP contribution in [0.1, 0.15) is 29.5 Å². The van der Waals surface area contributed by atoms with Crippen LogP contribution in [0.2, 0.25) is 0 Å². The summed E-state index contributed by atoms with van der Waals surface area (Å²) in [5.74, 6) is 0.479. The van der Waals surface area contributed by atoms with Gasteiger partial charge in [0.05, 0.1) is 39.5 Å². The largest absolute Gasteiger partial charge is 0.497 e. The molecular weight excluding hydrogens is 448 g/mol. The molecule has 1 aliphatic heterocycles. The molecule has 1 saturated heterocycles. The molecule has 1 fully saturated rings. The van der Waals surface area contributed by atoms with Crippen molar-refractivity contribution < 1.29 is 34.0 Å². The Kier molecular flexibility index (Phi) is 7.70. The maximum absolute atomic E-state index is 11.1. The fraction of sp³-hybridized carbons (Fsp3) is 0.321. The quantitative estimate of drug-likeness (QED) is 0.425. The van der Waals surface area contributed by atoms with Gasteiger partial charge in [0.15, 0.2) is 0 Å². The number of carboxylic acid groups (broad SMARTS) is 1. The molecule has 35 heavy (non-hydrogen) atoms. The highest BCUT2D eigenvalue weighted by atomic mass is 16.6. The molecule has 184 valence electrons. The minimum absolute atomic E-state index is 0.0598. The monoisotopic (exact) mass is 478 g/mol. The predicted molar refractivity (Wildman–Crippen MR) is 130 cm³/mol. The molecule has 0 aromatic heterocycles. The van der Waals surface area contributed by atoms with E-state index in [0.29, 0.717) is 0 Å². The smallest absolute Gasteiger partial charge is 0.305 e. The topological polar surface area (TPSA) is 94.5 Å². The van der Waals surface area contributed by atoms with E-state index in [0.717, 1.165) is 28.2 Å². The summed E-state index contributed by atoms with van der Waals surface area (Å²) in [4.78, 5) is 11.1. The molecule has 0 spiro atoms. The molecule has 3 aromatic rings. The summed E-state index contributed by atoms with van der Waals surface area (Å²) in [5.41, 5.74) is 1.59. The van der Waals surface area contributed by atoms with Crippen LogP contribution < -0.4 is 9.47 Å². The van der Waals surface area contributed by atoms with Crippen LogP contribution in [0.3, 0.4) is 0 Å². The molecule has 0 amide bonds. The molecule has 0 bridgehead atoms. The number of methoxy groups -OCH3 is 2. The minimum atomic E-state index is -1.03. The third kappa shape index (κ3) is 5.32. The first-order valence-electron chi connectivity index (χ1n) is 11.5. The van der Waals surface area contributed by atoms with E-state index in [2.05, 4.69) is 0 Å². The van der Waals surface area contributed by atoms with Crippen LogP contribution >= 0.6 is 0 Å². The van der Waals surface area contributed by atoms with E-state index in [1.165, 1.54) is 0 Å². The van der Waals surface area contributed by atoms with E-state index in [9.17, 15) is 9.90 Å². The Labute approximate surface area is 204 Å². The predicted octanol–water partition coefficient (Wildman–Crippen LogP) is 4.01. The van der Waals surface area contributed by atoms with Gasteiger partial charge in [-0.15, -0.1) is 0 Å². The van der Waals surface area contributed by atoms with Crippen molar-refractivity contribution in [3.05, 3.63) is 95.6 Å². The number of carboxylic acids is 1. The van der Waals surface area contributed by atoms with Gasteiger partial charge in [-0.3, -0.25) is 4.79 Å². The lowest BCUT2D eigenvalue weighted by Gasteiger charge is -2.37. The first-order chi connectivity index (χ1) is 17.0. The Hall–Kier alpha value is -3.39. The van der Waals surface area contributed by atoms with Gasteiger partial charge in [0.25, 0.3) is 0 Å². The summed E-state index contributed by atoms with van der Waals surface area (Å²) in [5, 5.41) is 19.7. The summed E-state index contributed by atoms with van der Waals surface area (Å²) >= 11 is 0. The maximum Gasteiger partial charge on any atom is 0.305 e. The average Bonchev–Trinajstić information content (AvgIpc) is 3.23. The number of ether oxygens (including phenoxy) is 4. The number of aliphatic carboxylic acids is 1. The van der Waals surface area contributed by atoms with E-state index in [1.54, 1.807) is 14.2 Å². The molecule has 0 radical (unpaired) electrons. The summed E-state index contributed by atoms with van der Waals surface area (Å²) in [6.07, 6.45) is -1.93. The fourth-order valence-electron chi connectivity index (χ4n) is 4.57. The van der Waals surface area contributed by atoms with E-state index in [4.69, 9.17) is 24.1 Å². The standard InChI is InChI=1S/C28H30O7/c1-32-22-12-8-20(9-13-22)28(19-6-4-3-5-7-19,21-10-14-23(33-2)15-11-21)34-18-26-25(29)16-24(35-26)17-27(30)31/h3-15,24-26,29H,16-18H2,1-2H3,(H,30,31)/t24-,25-,26+/m0/s1. The lowest BCUT2D eigenvalue weighted by Crippen LogP contribution is -2.38. The molecular formula is C28H30O7. The normalized spacial score (nSPS) is 19.9. The van der Waals surface area contributed by atoms with Crippen molar-refractivity contribution in [2.24, 2.45) is 0 Å². The van der Waals surface area contributed by atoms with Gasteiger partial charge < -0.3 is 29.2 Å². The highest BCUT2D eigenvalue weighted by molar-refractivity contribution is 5.67. The highest BCUT2D eigenvalue weighted by Gasteiger charge is 2.41. The average molecular weight is 479 g/mol. The minimum Gasteiger partial charge on any atom is -0.497 e. The van der Waals surface area contributed by atoms with Gasteiger partial charge in [-0.1, -0.05) is 54.6 Å². The van der Waals surface area contributed by atoms with E-state index in [-0.39, 0.29) is 19.4 Å². The Morgan fingerprint density at radius 3 is 1.89 bits per heavy atom. The summed E-state index contributed by atoms with van der Waals surface area (Å²) in [6, 6.07) is 25.2. The molecule has 1 aliphatic rings. The van der Waals surface area contributed by atoms with Crippen molar-refractivity contribution in [1.29, 1.82) is 0 Å². The SMILES string of the molecule is COc1ccc(C(OC[C@H]2O[C@H](CC(=O)O)C[C@@H]2O)(c2ccccc2)c2ccc(OC)cc2)cc1. The second kappa shape index (κ2) is 10.9. The molecule has 4 rings (SSSR count).